The smallest absolute Gasteiger partial charge is 0.213 e. The topological polar surface area (TPSA) is 22.1 Å². The second kappa shape index (κ2) is 4.30. The van der Waals surface area contributed by atoms with E-state index in [1.807, 2.05) is 12.1 Å². The normalized spacial score (nSPS) is 25.6. The van der Waals surface area contributed by atoms with Crippen LogP contribution in [0, 0.1) is 11.8 Å². The lowest BCUT2D eigenvalue weighted by Gasteiger charge is -2.33. The zero-order chi connectivity index (χ0) is 9.97. The van der Waals surface area contributed by atoms with Crippen LogP contribution in [0.1, 0.15) is 19.8 Å². The van der Waals surface area contributed by atoms with E-state index in [2.05, 4.69) is 27.8 Å². The first-order valence-corrected chi connectivity index (χ1v) is 5.79. The molecule has 1 aromatic heterocycles. The fourth-order valence-electron chi connectivity index (χ4n) is 1.62. The van der Waals surface area contributed by atoms with Crippen molar-refractivity contribution in [2.24, 2.45) is 11.8 Å². The molecule has 0 bridgehead atoms. The summed E-state index contributed by atoms with van der Waals surface area (Å²) >= 11 is 3.34. The van der Waals surface area contributed by atoms with E-state index in [9.17, 15) is 0 Å². The van der Waals surface area contributed by atoms with Crippen molar-refractivity contribution in [3.8, 4) is 5.88 Å². The van der Waals surface area contributed by atoms with E-state index in [4.69, 9.17) is 4.74 Å². The predicted molar refractivity (Wildman–Crippen MR) is 59.3 cm³/mol. The summed E-state index contributed by atoms with van der Waals surface area (Å²) in [5.74, 6) is 2.29. The molecule has 0 unspecified atom stereocenters. The van der Waals surface area contributed by atoms with Gasteiger partial charge in [-0.25, -0.2) is 4.98 Å². The van der Waals surface area contributed by atoms with Gasteiger partial charge in [-0.05, 0) is 46.7 Å². The molecular weight excluding hydrogens is 242 g/mol. The van der Waals surface area contributed by atoms with Crippen LogP contribution in [-0.4, -0.2) is 11.6 Å². The van der Waals surface area contributed by atoms with Crippen molar-refractivity contribution in [2.45, 2.75) is 19.8 Å². The molecule has 1 aromatic rings. The van der Waals surface area contributed by atoms with Crippen LogP contribution in [0.3, 0.4) is 0 Å². The molecule has 1 fully saturated rings. The highest BCUT2D eigenvalue weighted by Crippen LogP contribution is 2.33. The van der Waals surface area contributed by atoms with E-state index in [1.165, 1.54) is 12.8 Å². The van der Waals surface area contributed by atoms with E-state index in [1.54, 1.807) is 6.20 Å². The molecule has 0 N–H and O–H groups in total. The number of rotatable bonds is 3. The number of hydrogen-bond donors (Lipinski definition) is 0. The number of hydrogen-bond acceptors (Lipinski definition) is 2. The Kier molecular flexibility index (Phi) is 3.06. The van der Waals surface area contributed by atoms with E-state index >= 15 is 0 Å². The summed E-state index contributed by atoms with van der Waals surface area (Å²) in [6.45, 7) is 3.10. The minimum Gasteiger partial charge on any atom is -0.477 e. The van der Waals surface area contributed by atoms with Gasteiger partial charge in [0.2, 0.25) is 5.88 Å². The standard InChI is InChI=1S/C11H14BrNO/c1-8-2-3-9(8)7-14-11-5-4-10(12)6-13-11/h4-6,8-9H,2-3,7H2,1H3/t8-,9-/m1/s1. The Hall–Kier alpha value is -0.570. The van der Waals surface area contributed by atoms with Gasteiger partial charge in [0.05, 0.1) is 6.61 Å². The summed E-state index contributed by atoms with van der Waals surface area (Å²) in [6.07, 6.45) is 4.42. The van der Waals surface area contributed by atoms with E-state index in [-0.39, 0.29) is 0 Å². The summed E-state index contributed by atoms with van der Waals surface area (Å²) in [7, 11) is 0. The van der Waals surface area contributed by atoms with Gasteiger partial charge in [0, 0.05) is 16.7 Å². The zero-order valence-electron chi connectivity index (χ0n) is 8.24. The van der Waals surface area contributed by atoms with Crippen molar-refractivity contribution in [2.75, 3.05) is 6.61 Å². The van der Waals surface area contributed by atoms with Crippen molar-refractivity contribution < 1.29 is 4.74 Å². The molecule has 2 atom stereocenters. The largest absolute Gasteiger partial charge is 0.477 e. The van der Waals surface area contributed by atoms with Gasteiger partial charge in [0.1, 0.15) is 0 Å². The lowest BCUT2D eigenvalue weighted by molar-refractivity contribution is 0.113. The highest BCUT2D eigenvalue weighted by molar-refractivity contribution is 9.10. The van der Waals surface area contributed by atoms with Gasteiger partial charge in [0.15, 0.2) is 0 Å². The first kappa shape index (κ1) is 9.97. The van der Waals surface area contributed by atoms with Crippen LogP contribution >= 0.6 is 15.9 Å². The van der Waals surface area contributed by atoms with Gasteiger partial charge in [-0.15, -0.1) is 0 Å². The van der Waals surface area contributed by atoms with Gasteiger partial charge < -0.3 is 4.74 Å². The van der Waals surface area contributed by atoms with Gasteiger partial charge >= 0.3 is 0 Å². The summed E-state index contributed by atoms with van der Waals surface area (Å²) in [4.78, 5) is 4.16. The lowest BCUT2D eigenvalue weighted by atomic mass is 9.75. The lowest BCUT2D eigenvalue weighted by Crippen LogP contribution is -2.28. The quantitative estimate of drug-likeness (QED) is 0.828. The molecular formula is C11H14BrNO. The van der Waals surface area contributed by atoms with E-state index in [0.717, 1.165) is 28.8 Å². The zero-order valence-corrected chi connectivity index (χ0v) is 9.83. The maximum Gasteiger partial charge on any atom is 0.213 e. The molecule has 1 aliphatic carbocycles. The highest BCUT2D eigenvalue weighted by Gasteiger charge is 2.27. The van der Waals surface area contributed by atoms with Crippen LogP contribution in [0.25, 0.3) is 0 Å². The maximum atomic E-state index is 5.60. The molecule has 0 saturated heterocycles. The SMILES string of the molecule is C[C@@H]1CC[C@@H]1COc1ccc(Br)cn1. The molecule has 0 aromatic carbocycles. The fraction of sp³-hybridized carbons (Fsp3) is 0.545. The molecule has 0 aliphatic heterocycles. The average Bonchev–Trinajstić information content (AvgIpc) is 2.19. The van der Waals surface area contributed by atoms with Crippen LogP contribution in [0.15, 0.2) is 22.8 Å². The van der Waals surface area contributed by atoms with Gasteiger partial charge in [-0.3, -0.25) is 0 Å². The Labute approximate surface area is 92.8 Å². The van der Waals surface area contributed by atoms with Crippen molar-refractivity contribution >= 4 is 15.9 Å². The summed E-state index contributed by atoms with van der Waals surface area (Å²) < 4.78 is 6.59. The Morgan fingerprint density at radius 3 is 2.86 bits per heavy atom. The van der Waals surface area contributed by atoms with Crippen LogP contribution in [0.5, 0.6) is 5.88 Å². The van der Waals surface area contributed by atoms with Gasteiger partial charge in [-0.1, -0.05) is 6.92 Å². The number of aromatic nitrogens is 1. The van der Waals surface area contributed by atoms with Crippen molar-refractivity contribution in [3.05, 3.63) is 22.8 Å². The molecule has 1 saturated carbocycles. The molecule has 2 nitrogen and oxygen atoms in total. The predicted octanol–water partition coefficient (Wildman–Crippen LogP) is 3.27. The molecule has 76 valence electrons. The van der Waals surface area contributed by atoms with Gasteiger partial charge in [-0.2, -0.15) is 0 Å². The number of ether oxygens (including phenoxy) is 1. The van der Waals surface area contributed by atoms with E-state index in [0.29, 0.717) is 0 Å². The molecule has 0 radical (unpaired) electrons. The van der Waals surface area contributed by atoms with Gasteiger partial charge in [0.25, 0.3) is 0 Å². The maximum absolute atomic E-state index is 5.60. The first-order chi connectivity index (χ1) is 6.75. The Balaban J connectivity index is 1.83. The molecule has 1 heterocycles. The fourth-order valence-corrected chi connectivity index (χ4v) is 1.86. The Bertz CT molecular complexity index is 299. The molecule has 0 amide bonds. The number of nitrogens with zero attached hydrogens (tertiary/aromatic N) is 1. The Morgan fingerprint density at radius 2 is 2.36 bits per heavy atom. The number of halogens is 1. The second-order valence-corrected chi connectivity index (χ2v) is 4.86. The van der Waals surface area contributed by atoms with Crippen molar-refractivity contribution in [3.63, 3.8) is 0 Å². The monoisotopic (exact) mass is 255 g/mol. The van der Waals surface area contributed by atoms with Crippen molar-refractivity contribution in [1.29, 1.82) is 0 Å². The molecule has 1 aliphatic rings. The molecule has 2 rings (SSSR count). The summed E-state index contributed by atoms with van der Waals surface area (Å²) in [6, 6.07) is 3.85. The van der Waals surface area contributed by atoms with Crippen molar-refractivity contribution in [1.82, 2.24) is 4.98 Å². The highest BCUT2D eigenvalue weighted by atomic mass is 79.9. The van der Waals surface area contributed by atoms with Crippen LogP contribution in [0.4, 0.5) is 0 Å². The minimum atomic E-state index is 0.729. The van der Waals surface area contributed by atoms with E-state index < -0.39 is 0 Å². The molecule has 14 heavy (non-hydrogen) atoms. The third kappa shape index (κ3) is 2.27. The minimum absolute atomic E-state index is 0.729. The summed E-state index contributed by atoms with van der Waals surface area (Å²) in [5, 5.41) is 0. The third-order valence-corrected chi connectivity index (χ3v) is 3.41. The average molecular weight is 256 g/mol. The molecule has 3 heteroatoms. The van der Waals surface area contributed by atoms with Crippen LogP contribution in [0.2, 0.25) is 0 Å². The number of pyridine rings is 1. The Morgan fingerprint density at radius 1 is 1.50 bits per heavy atom. The van der Waals surface area contributed by atoms with Crippen LogP contribution < -0.4 is 4.74 Å². The second-order valence-electron chi connectivity index (χ2n) is 3.94. The van der Waals surface area contributed by atoms with Crippen LogP contribution in [-0.2, 0) is 0 Å². The third-order valence-electron chi connectivity index (χ3n) is 2.94. The first-order valence-electron chi connectivity index (χ1n) is 5.00. The summed E-state index contributed by atoms with van der Waals surface area (Å²) in [5.41, 5.74) is 0. The molecule has 0 spiro atoms.